The summed E-state index contributed by atoms with van der Waals surface area (Å²) in [6, 6.07) is 6.09. The highest BCUT2D eigenvalue weighted by Crippen LogP contribution is 2.18. The van der Waals surface area contributed by atoms with Crippen molar-refractivity contribution in [1.82, 2.24) is 5.32 Å². The lowest BCUT2D eigenvalue weighted by Crippen LogP contribution is -2.32. The van der Waals surface area contributed by atoms with Crippen LogP contribution in [0.4, 0.5) is 0 Å². The molecule has 1 aromatic rings. The lowest BCUT2D eigenvalue weighted by molar-refractivity contribution is 0.106. The largest absolute Gasteiger partial charge is 0.491 e. The lowest BCUT2D eigenvalue weighted by atomic mass is 10.1. The van der Waals surface area contributed by atoms with Gasteiger partial charge in [0, 0.05) is 6.54 Å². The van der Waals surface area contributed by atoms with E-state index >= 15 is 0 Å². The Balaban J connectivity index is 2.12. The molecule has 1 rings (SSSR count). The summed E-state index contributed by atoms with van der Waals surface area (Å²) in [5.41, 5.74) is 2.34. The zero-order valence-corrected chi connectivity index (χ0v) is 14.0. The topological polar surface area (TPSA) is 41.5 Å². The molecule has 0 heterocycles. The Morgan fingerprint density at radius 2 is 1.95 bits per heavy atom. The number of aryl methyl sites for hydroxylation is 2. The maximum Gasteiger partial charge on any atom is 0.122 e. The standard InChI is InChI=1S/C18H31NO2/c1-14(2)7-5-6-10-19-12-17(20)13-21-18-9-8-15(3)11-16(18)4/h8-9,11,14,17,19-20H,5-7,10,12-13H2,1-4H3. The van der Waals surface area contributed by atoms with Gasteiger partial charge < -0.3 is 15.2 Å². The van der Waals surface area contributed by atoms with Crippen LogP contribution in [0.2, 0.25) is 0 Å². The van der Waals surface area contributed by atoms with E-state index in [1.165, 1.54) is 24.8 Å². The van der Waals surface area contributed by atoms with E-state index < -0.39 is 6.10 Å². The second-order valence-electron chi connectivity index (χ2n) is 6.33. The number of ether oxygens (including phenoxy) is 1. The van der Waals surface area contributed by atoms with Gasteiger partial charge in [-0.2, -0.15) is 0 Å². The smallest absolute Gasteiger partial charge is 0.122 e. The highest BCUT2D eigenvalue weighted by molar-refractivity contribution is 5.35. The summed E-state index contributed by atoms with van der Waals surface area (Å²) in [6.07, 6.45) is 3.23. The van der Waals surface area contributed by atoms with Gasteiger partial charge in [0.15, 0.2) is 0 Å². The number of aliphatic hydroxyl groups is 1. The molecule has 0 aliphatic heterocycles. The quantitative estimate of drug-likeness (QED) is 0.649. The van der Waals surface area contributed by atoms with Crippen LogP contribution >= 0.6 is 0 Å². The minimum absolute atomic E-state index is 0.336. The lowest BCUT2D eigenvalue weighted by Gasteiger charge is -2.15. The molecule has 120 valence electrons. The molecule has 0 aliphatic carbocycles. The molecule has 0 fully saturated rings. The molecule has 0 aliphatic rings. The molecule has 3 nitrogen and oxygen atoms in total. The average Bonchev–Trinajstić information content (AvgIpc) is 2.41. The Bertz CT molecular complexity index is 404. The Morgan fingerprint density at radius 1 is 1.19 bits per heavy atom. The third-order valence-corrected chi connectivity index (χ3v) is 3.53. The predicted octanol–water partition coefficient (Wildman–Crippen LogP) is 3.46. The first-order valence-electron chi connectivity index (χ1n) is 8.08. The van der Waals surface area contributed by atoms with E-state index in [4.69, 9.17) is 4.74 Å². The Kier molecular flexibility index (Phi) is 8.40. The summed E-state index contributed by atoms with van der Waals surface area (Å²) in [7, 11) is 0. The third-order valence-electron chi connectivity index (χ3n) is 3.53. The van der Waals surface area contributed by atoms with Crippen LogP contribution in [0.1, 0.15) is 44.2 Å². The molecule has 0 aromatic heterocycles. The number of benzene rings is 1. The fourth-order valence-electron chi connectivity index (χ4n) is 2.28. The number of hydrogen-bond acceptors (Lipinski definition) is 3. The molecule has 0 bridgehead atoms. The molecular weight excluding hydrogens is 262 g/mol. The fraction of sp³-hybridized carbons (Fsp3) is 0.667. The summed E-state index contributed by atoms with van der Waals surface area (Å²) in [6.45, 7) is 10.5. The molecule has 21 heavy (non-hydrogen) atoms. The van der Waals surface area contributed by atoms with Gasteiger partial charge in [-0.15, -0.1) is 0 Å². The number of aliphatic hydroxyl groups excluding tert-OH is 1. The first kappa shape index (κ1) is 18.0. The van der Waals surface area contributed by atoms with Gasteiger partial charge in [-0.3, -0.25) is 0 Å². The van der Waals surface area contributed by atoms with Crippen LogP contribution in [-0.4, -0.2) is 30.9 Å². The molecule has 0 saturated carbocycles. The second-order valence-corrected chi connectivity index (χ2v) is 6.33. The monoisotopic (exact) mass is 293 g/mol. The summed E-state index contributed by atoms with van der Waals surface area (Å²) in [5, 5.41) is 13.2. The maximum atomic E-state index is 9.91. The zero-order chi connectivity index (χ0) is 15.7. The maximum absolute atomic E-state index is 9.91. The summed E-state index contributed by atoms with van der Waals surface area (Å²) < 4.78 is 5.67. The van der Waals surface area contributed by atoms with E-state index in [9.17, 15) is 5.11 Å². The summed E-state index contributed by atoms with van der Waals surface area (Å²) >= 11 is 0. The number of rotatable bonds is 10. The van der Waals surface area contributed by atoms with Crippen LogP contribution in [0.5, 0.6) is 5.75 Å². The highest BCUT2D eigenvalue weighted by atomic mass is 16.5. The van der Waals surface area contributed by atoms with Crippen molar-refractivity contribution in [3.63, 3.8) is 0 Å². The van der Waals surface area contributed by atoms with Gasteiger partial charge in [0.1, 0.15) is 18.5 Å². The minimum atomic E-state index is -0.462. The van der Waals surface area contributed by atoms with Crippen molar-refractivity contribution < 1.29 is 9.84 Å². The number of unbranched alkanes of at least 4 members (excludes halogenated alkanes) is 1. The molecule has 3 heteroatoms. The molecule has 0 amide bonds. The SMILES string of the molecule is Cc1ccc(OCC(O)CNCCCCC(C)C)c(C)c1. The first-order chi connectivity index (χ1) is 9.99. The van der Waals surface area contributed by atoms with Crippen molar-refractivity contribution in [2.24, 2.45) is 5.92 Å². The van der Waals surface area contributed by atoms with Crippen molar-refractivity contribution in [2.75, 3.05) is 19.7 Å². The van der Waals surface area contributed by atoms with Crippen molar-refractivity contribution in [3.8, 4) is 5.75 Å². The fourth-order valence-corrected chi connectivity index (χ4v) is 2.28. The van der Waals surface area contributed by atoms with Gasteiger partial charge in [0.25, 0.3) is 0 Å². The zero-order valence-electron chi connectivity index (χ0n) is 14.0. The van der Waals surface area contributed by atoms with Gasteiger partial charge in [0.2, 0.25) is 0 Å². The highest BCUT2D eigenvalue weighted by Gasteiger charge is 2.06. The van der Waals surface area contributed by atoms with Crippen molar-refractivity contribution >= 4 is 0 Å². The predicted molar refractivity (Wildman–Crippen MR) is 89.0 cm³/mol. The van der Waals surface area contributed by atoms with E-state index in [1.807, 2.05) is 19.1 Å². The summed E-state index contributed by atoms with van der Waals surface area (Å²) in [5.74, 6) is 1.64. The van der Waals surface area contributed by atoms with Crippen LogP contribution in [0.25, 0.3) is 0 Å². The third kappa shape index (κ3) is 8.08. The molecular formula is C18H31NO2. The minimum Gasteiger partial charge on any atom is -0.491 e. The molecule has 1 unspecified atom stereocenters. The van der Waals surface area contributed by atoms with E-state index in [1.54, 1.807) is 0 Å². The van der Waals surface area contributed by atoms with E-state index in [0.717, 1.165) is 23.8 Å². The number of hydrogen-bond donors (Lipinski definition) is 2. The second kappa shape index (κ2) is 9.80. The average molecular weight is 293 g/mol. The van der Waals surface area contributed by atoms with E-state index in [-0.39, 0.29) is 0 Å². The number of nitrogens with one attached hydrogen (secondary N) is 1. The normalized spacial score (nSPS) is 12.7. The Hall–Kier alpha value is -1.06. The van der Waals surface area contributed by atoms with Crippen LogP contribution in [0.15, 0.2) is 18.2 Å². The molecule has 0 spiro atoms. The summed E-state index contributed by atoms with van der Waals surface area (Å²) in [4.78, 5) is 0. The van der Waals surface area contributed by atoms with Crippen LogP contribution in [-0.2, 0) is 0 Å². The van der Waals surface area contributed by atoms with Crippen molar-refractivity contribution in [2.45, 2.75) is 53.1 Å². The molecule has 1 atom stereocenters. The van der Waals surface area contributed by atoms with Gasteiger partial charge in [-0.05, 0) is 44.4 Å². The van der Waals surface area contributed by atoms with Crippen LogP contribution in [0.3, 0.4) is 0 Å². The van der Waals surface area contributed by atoms with E-state index in [0.29, 0.717) is 13.2 Å². The Labute approximate surface area is 129 Å². The Morgan fingerprint density at radius 3 is 2.62 bits per heavy atom. The van der Waals surface area contributed by atoms with Crippen LogP contribution < -0.4 is 10.1 Å². The van der Waals surface area contributed by atoms with Gasteiger partial charge >= 0.3 is 0 Å². The van der Waals surface area contributed by atoms with Gasteiger partial charge in [-0.1, -0.05) is 44.4 Å². The molecule has 1 aromatic carbocycles. The molecule has 0 saturated heterocycles. The van der Waals surface area contributed by atoms with Crippen molar-refractivity contribution in [1.29, 1.82) is 0 Å². The van der Waals surface area contributed by atoms with E-state index in [2.05, 4.69) is 32.2 Å². The first-order valence-corrected chi connectivity index (χ1v) is 8.08. The van der Waals surface area contributed by atoms with Gasteiger partial charge in [-0.25, -0.2) is 0 Å². The van der Waals surface area contributed by atoms with Crippen LogP contribution in [0, 0.1) is 19.8 Å². The van der Waals surface area contributed by atoms with Crippen molar-refractivity contribution in [3.05, 3.63) is 29.3 Å². The molecule has 0 radical (unpaired) electrons. The molecule has 2 N–H and O–H groups in total. The van der Waals surface area contributed by atoms with Gasteiger partial charge in [0.05, 0.1) is 0 Å².